The van der Waals surface area contributed by atoms with E-state index in [0.717, 1.165) is 23.2 Å². The first-order valence-corrected chi connectivity index (χ1v) is 11.2. The molecule has 2 aromatic rings. The Morgan fingerprint density at radius 1 is 0.935 bits per heavy atom. The van der Waals surface area contributed by atoms with Gasteiger partial charge in [-0.05, 0) is 36.4 Å². The van der Waals surface area contributed by atoms with Crippen molar-refractivity contribution in [1.29, 1.82) is 0 Å². The van der Waals surface area contributed by atoms with Gasteiger partial charge in [0.15, 0.2) is 0 Å². The Morgan fingerprint density at radius 2 is 1.61 bits per heavy atom. The number of hydrogen-bond donors (Lipinski definition) is 1. The number of hydrogen-bond acceptors (Lipinski definition) is 4. The summed E-state index contributed by atoms with van der Waals surface area (Å²) in [5.74, 6) is -0.592. The minimum Gasteiger partial charge on any atom is -0.368 e. The van der Waals surface area contributed by atoms with Crippen LogP contribution >= 0.6 is 15.9 Å². The standard InChI is InChI=1S/C23H25BrN4O3/c24-18-8-6-17(7-9-18)23(31)28-11-10-25-22(30)20(28)16-21(29)27-14-12-26(13-15-27)19-4-2-1-3-5-19/h1-9,20H,10-16H2,(H,25,30)/t20-/m0/s1. The molecule has 31 heavy (non-hydrogen) atoms. The summed E-state index contributed by atoms with van der Waals surface area (Å²) in [6.07, 6.45) is -0.000557. The number of carbonyl (C=O) groups excluding carboxylic acids is 3. The van der Waals surface area contributed by atoms with Gasteiger partial charge in [0.05, 0.1) is 6.42 Å². The van der Waals surface area contributed by atoms with Gasteiger partial charge in [-0.25, -0.2) is 0 Å². The van der Waals surface area contributed by atoms with Crippen LogP contribution in [0.3, 0.4) is 0 Å². The lowest BCUT2D eigenvalue weighted by molar-refractivity contribution is -0.138. The summed E-state index contributed by atoms with van der Waals surface area (Å²) in [4.78, 5) is 44.1. The molecule has 162 valence electrons. The van der Waals surface area contributed by atoms with Crippen LogP contribution < -0.4 is 10.2 Å². The zero-order valence-corrected chi connectivity index (χ0v) is 18.8. The zero-order chi connectivity index (χ0) is 21.8. The summed E-state index contributed by atoms with van der Waals surface area (Å²) in [5.41, 5.74) is 1.65. The van der Waals surface area contributed by atoms with Crippen molar-refractivity contribution in [3.05, 3.63) is 64.6 Å². The minimum atomic E-state index is -0.787. The Balaban J connectivity index is 1.40. The number of para-hydroxylation sites is 1. The Bertz CT molecular complexity index is 943. The molecule has 0 spiro atoms. The Hall–Kier alpha value is -2.87. The Kier molecular flexibility index (Phi) is 6.56. The quantitative estimate of drug-likeness (QED) is 0.721. The molecule has 2 saturated heterocycles. The summed E-state index contributed by atoms with van der Waals surface area (Å²) in [5, 5.41) is 2.80. The van der Waals surface area contributed by atoms with Crippen molar-refractivity contribution in [3.8, 4) is 0 Å². The van der Waals surface area contributed by atoms with Gasteiger partial charge in [0.25, 0.3) is 5.91 Å². The zero-order valence-electron chi connectivity index (χ0n) is 17.2. The van der Waals surface area contributed by atoms with Crippen LogP contribution in [-0.2, 0) is 9.59 Å². The van der Waals surface area contributed by atoms with E-state index in [9.17, 15) is 14.4 Å². The molecule has 2 fully saturated rings. The molecule has 1 atom stereocenters. The van der Waals surface area contributed by atoms with Crippen molar-refractivity contribution in [2.75, 3.05) is 44.2 Å². The van der Waals surface area contributed by atoms with Gasteiger partial charge in [-0.2, -0.15) is 0 Å². The van der Waals surface area contributed by atoms with Crippen LogP contribution in [0.25, 0.3) is 0 Å². The number of piperazine rings is 2. The van der Waals surface area contributed by atoms with Crippen LogP contribution in [0.5, 0.6) is 0 Å². The van der Waals surface area contributed by atoms with Gasteiger partial charge in [0.1, 0.15) is 6.04 Å². The largest absolute Gasteiger partial charge is 0.368 e. The highest BCUT2D eigenvalue weighted by atomic mass is 79.9. The first kappa shape index (κ1) is 21.4. The fourth-order valence-electron chi connectivity index (χ4n) is 4.07. The molecule has 7 nitrogen and oxygen atoms in total. The minimum absolute atomic E-state index is 0.000557. The van der Waals surface area contributed by atoms with Gasteiger partial charge in [-0.1, -0.05) is 34.1 Å². The van der Waals surface area contributed by atoms with Gasteiger partial charge in [0, 0.05) is 55.0 Å². The van der Waals surface area contributed by atoms with Gasteiger partial charge in [0.2, 0.25) is 11.8 Å². The number of halogens is 1. The number of anilines is 1. The SMILES string of the molecule is O=C1NCCN(C(=O)c2ccc(Br)cc2)[C@H]1CC(=O)N1CCN(c2ccccc2)CC1. The van der Waals surface area contributed by atoms with Crippen molar-refractivity contribution < 1.29 is 14.4 Å². The highest BCUT2D eigenvalue weighted by Crippen LogP contribution is 2.19. The number of carbonyl (C=O) groups is 3. The number of benzene rings is 2. The highest BCUT2D eigenvalue weighted by Gasteiger charge is 2.36. The van der Waals surface area contributed by atoms with Crippen molar-refractivity contribution in [1.82, 2.24) is 15.1 Å². The highest BCUT2D eigenvalue weighted by molar-refractivity contribution is 9.10. The predicted molar refractivity (Wildman–Crippen MR) is 122 cm³/mol. The van der Waals surface area contributed by atoms with Crippen molar-refractivity contribution in [2.45, 2.75) is 12.5 Å². The number of amides is 3. The van der Waals surface area contributed by atoms with Crippen molar-refractivity contribution in [2.24, 2.45) is 0 Å². The first-order chi connectivity index (χ1) is 15.0. The van der Waals surface area contributed by atoms with Crippen LogP contribution in [-0.4, -0.2) is 72.8 Å². The van der Waals surface area contributed by atoms with E-state index in [4.69, 9.17) is 0 Å². The number of nitrogens with one attached hydrogen (secondary N) is 1. The van der Waals surface area contributed by atoms with Crippen molar-refractivity contribution >= 4 is 39.3 Å². The molecule has 2 aromatic carbocycles. The van der Waals surface area contributed by atoms with E-state index >= 15 is 0 Å². The number of rotatable bonds is 4. The Morgan fingerprint density at radius 3 is 2.29 bits per heavy atom. The maximum absolute atomic E-state index is 13.0. The molecule has 1 N–H and O–H groups in total. The van der Waals surface area contributed by atoms with E-state index in [1.54, 1.807) is 29.2 Å². The molecule has 0 radical (unpaired) electrons. The van der Waals surface area contributed by atoms with E-state index in [1.807, 2.05) is 18.2 Å². The fourth-order valence-corrected chi connectivity index (χ4v) is 4.33. The average Bonchev–Trinajstić information content (AvgIpc) is 2.81. The monoisotopic (exact) mass is 484 g/mol. The van der Waals surface area contributed by atoms with E-state index < -0.39 is 6.04 Å². The summed E-state index contributed by atoms with van der Waals surface area (Å²) in [6.45, 7) is 3.47. The molecule has 2 aliphatic heterocycles. The van der Waals surface area contributed by atoms with Crippen molar-refractivity contribution in [3.63, 3.8) is 0 Å². The third-order valence-electron chi connectivity index (χ3n) is 5.80. The molecule has 0 bridgehead atoms. The summed E-state index contributed by atoms with van der Waals surface area (Å²) >= 11 is 3.37. The normalized spacial score (nSPS) is 19.2. The molecule has 0 aromatic heterocycles. The van der Waals surface area contributed by atoms with E-state index in [1.165, 1.54) is 4.90 Å². The Labute approximate surface area is 190 Å². The average molecular weight is 485 g/mol. The molecule has 4 rings (SSSR count). The third-order valence-corrected chi connectivity index (χ3v) is 6.33. The fraction of sp³-hybridized carbons (Fsp3) is 0.348. The molecular weight excluding hydrogens is 460 g/mol. The lowest BCUT2D eigenvalue weighted by Crippen LogP contribution is -2.59. The van der Waals surface area contributed by atoms with Crippen LogP contribution in [0.2, 0.25) is 0 Å². The maximum Gasteiger partial charge on any atom is 0.254 e. The molecule has 8 heteroatoms. The van der Waals surface area contributed by atoms with Crippen LogP contribution in [0.15, 0.2) is 59.1 Å². The summed E-state index contributed by atoms with van der Waals surface area (Å²) in [6, 6.07) is 16.4. The van der Waals surface area contributed by atoms with Crippen LogP contribution in [0, 0.1) is 0 Å². The van der Waals surface area contributed by atoms with Crippen LogP contribution in [0.4, 0.5) is 5.69 Å². The molecule has 0 aliphatic carbocycles. The summed E-state index contributed by atoms with van der Waals surface area (Å²) in [7, 11) is 0. The molecule has 0 unspecified atom stereocenters. The van der Waals surface area contributed by atoms with Gasteiger partial charge in [-0.3, -0.25) is 14.4 Å². The second kappa shape index (κ2) is 9.51. The second-order valence-electron chi connectivity index (χ2n) is 7.72. The lowest BCUT2D eigenvalue weighted by atomic mass is 10.1. The smallest absolute Gasteiger partial charge is 0.254 e. The van der Waals surface area contributed by atoms with E-state index in [2.05, 4.69) is 38.3 Å². The first-order valence-electron chi connectivity index (χ1n) is 10.4. The maximum atomic E-state index is 13.0. The second-order valence-corrected chi connectivity index (χ2v) is 8.64. The molecular formula is C23H25BrN4O3. The number of nitrogens with zero attached hydrogens (tertiary/aromatic N) is 3. The molecule has 2 aliphatic rings. The molecule has 3 amide bonds. The van der Waals surface area contributed by atoms with Crippen LogP contribution in [0.1, 0.15) is 16.8 Å². The summed E-state index contributed by atoms with van der Waals surface area (Å²) < 4.78 is 0.877. The van der Waals surface area contributed by atoms with E-state index in [0.29, 0.717) is 31.7 Å². The predicted octanol–water partition coefficient (Wildman–Crippen LogP) is 2.13. The molecule has 2 heterocycles. The lowest BCUT2D eigenvalue weighted by Gasteiger charge is -2.39. The third kappa shape index (κ3) is 4.90. The topological polar surface area (TPSA) is 73.0 Å². The van der Waals surface area contributed by atoms with E-state index in [-0.39, 0.29) is 24.1 Å². The van der Waals surface area contributed by atoms with Gasteiger partial charge in [-0.15, -0.1) is 0 Å². The van der Waals surface area contributed by atoms with Gasteiger partial charge < -0.3 is 20.0 Å². The molecule has 0 saturated carbocycles. The van der Waals surface area contributed by atoms with Gasteiger partial charge >= 0.3 is 0 Å².